The minimum absolute atomic E-state index is 0.144. The van der Waals surface area contributed by atoms with Crippen molar-refractivity contribution in [2.75, 3.05) is 0 Å². The second-order valence-electron chi connectivity index (χ2n) is 15.4. The third-order valence-corrected chi connectivity index (χ3v) is 15.0. The van der Waals surface area contributed by atoms with Crippen LogP contribution in [0.1, 0.15) is 25.0 Å². The van der Waals surface area contributed by atoms with Crippen molar-refractivity contribution >= 4 is 66.7 Å². The molecule has 0 saturated carbocycles. The summed E-state index contributed by atoms with van der Waals surface area (Å²) in [6.07, 6.45) is 0. The molecule has 0 atom stereocenters. The van der Waals surface area contributed by atoms with Gasteiger partial charge in [-0.15, -0.1) is 0 Å². The fourth-order valence-corrected chi connectivity index (χ4v) is 11.8. The zero-order valence-corrected chi connectivity index (χ0v) is 31.9. The number of rotatable bonds is 5. The zero-order chi connectivity index (χ0) is 37.6. The van der Waals surface area contributed by atoms with Gasteiger partial charge in [0.15, 0.2) is 7.14 Å². The van der Waals surface area contributed by atoms with Crippen LogP contribution in [0.4, 0.5) is 0 Å². The largest absolute Gasteiger partial charge is 0.455 e. The number of para-hydroxylation sites is 2. The Morgan fingerprint density at radius 2 is 1.07 bits per heavy atom. The predicted octanol–water partition coefficient (Wildman–Crippen LogP) is 12.6. The van der Waals surface area contributed by atoms with Gasteiger partial charge in [0.05, 0.1) is 11.2 Å². The third-order valence-electron chi connectivity index (χ3n) is 11.9. The molecule has 0 fully saturated rings. The molecule has 0 amide bonds. The van der Waals surface area contributed by atoms with Gasteiger partial charge in [-0.3, -0.25) is 0 Å². The Morgan fingerprint density at radius 3 is 1.82 bits per heavy atom. The molecule has 266 valence electrons. The number of hydrogen-bond acceptors (Lipinski definition) is 3. The first kappa shape index (κ1) is 32.9. The lowest BCUT2D eigenvalue weighted by Gasteiger charge is -2.22. The lowest BCUT2D eigenvalue weighted by molar-refractivity contribution is 0.592. The Bertz CT molecular complexity index is 3190. The zero-order valence-electron chi connectivity index (χ0n) is 31.0. The summed E-state index contributed by atoms with van der Waals surface area (Å²) in [5.41, 5.74) is 11.7. The van der Waals surface area contributed by atoms with Gasteiger partial charge < -0.3 is 8.98 Å². The highest BCUT2D eigenvalue weighted by atomic mass is 31.2. The van der Waals surface area contributed by atoms with Crippen LogP contribution in [0.25, 0.3) is 77.1 Å². The molecule has 56 heavy (non-hydrogen) atoms. The van der Waals surface area contributed by atoms with Crippen molar-refractivity contribution in [2.24, 2.45) is 0 Å². The first-order valence-corrected chi connectivity index (χ1v) is 20.9. The second kappa shape index (κ2) is 12.2. The highest BCUT2D eigenvalue weighted by molar-refractivity contribution is 7.85. The Hall–Kier alpha value is -6.54. The molecule has 3 nitrogen and oxygen atoms in total. The molecule has 0 N–H and O–H groups in total. The third kappa shape index (κ3) is 4.71. The number of aromatic nitrogens is 1. The predicted molar refractivity (Wildman–Crippen MR) is 234 cm³/mol. The number of benzene rings is 8. The van der Waals surface area contributed by atoms with Crippen LogP contribution >= 0.6 is 7.14 Å². The average Bonchev–Trinajstić information content (AvgIpc) is 3.76. The maximum Gasteiger partial charge on any atom is 0.171 e. The first-order valence-electron chi connectivity index (χ1n) is 19.1. The van der Waals surface area contributed by atoms with Crippen molar-refractivity contribution < 1.29 is 8.98 Å². The Labute approximate surface area is 325 Å². The average molecular weight is 738 g/mol. The normalized spacial score (nSPS) is 13.4. The summed E-state index contributed by atoms with van der Waals surface area (Å²) < 4.78 is 22.1. The number of hydrogen-bond donors (Lipinski definition) is 0. The van der Waals surface area contributed by atoms with Crippen LogP contribution in [0.2, 0.25) is 0 Å². The van der Waals surface area contributed by atoms with Gasteiger partial charge in [0.25, 0.3) is 0 Å². The highest BCUT2D eigenvalue weighted by Gasteiger charge is 2.36. The second-order valence-corrected chi connectivity index (χ2v) is 18.2. The van der Waals surface area contributed by atoms with Gasteiger partial charge in [-0.25, -0.2) is 4.98 Å². The van der Waals surface area contributed by atoms with E-state index in [1.165, 1.54) is 22.3 Å². The number of furan rings is 1. The molecule has 2 aromatic heterocycles. The van der Waals surface area contributed by atoms with E-state index >= 15 is 4.57 Å². The highest BCUT2D eigenvalue weighted by Crippen LogP contribution is 2.51. The Balaban J connectivity index is 1.18. The summed E-state index contributed by atoms with van der Waals surface area (Å²) in [4.78, 5) is 5.45. The van der Waals surface area contributed by atoms with Crippen molar-refractivity contribution in [3.05, 3.63) is 193 Å². The van der Waals surface area contributed by atoms with Crippen molar-refractivity contribution in [3.63, 3.8) is 0 Å². The molecular weight excluding hydrogens is 702 g/mol. The van der Waals surface area contributed by atoms with Gasteiger partial charge in [0.2, 0.25) is 0 Å². The SMILES string of the molecule is CC1(C)c2ccccc2-c2ccc(-c3nc4ccccc4c4c3cc(-c3ccc(P(=O)(c5ccccc5)c5ccccc5)cc3)c3oc5ccccc5c34)cc21. The number of nitrogens with zero attached hydrogens (tertiary/aromatic N) is 1. The van der Waals surface area contributed by atoms with Gasteiger partial charge in [-0.2, -0.15) is 0 Å². The topological polar surface area (TPSA) is 43.1 Å². The molecule has 2 heterocycles. The van der Waals surface area contributed by atoms with Crippen molar-refractivity contribution in [3.8, 4) is 33.5 Å². The Kier molecular flexibility index (Phi) is 7.18. The fraction of sp³-hybridized carbons (Fsp3) is 0.0577. The molecule has 0 radical (unpaired) electrons. The van der Waals surface area contributed by atoms with Gasteiger partial charge in [0, 0.05) is 59.4 Å². The molecule has 11 rings (SSSR count). The molecule has 4 heteroatoms. The van der Waals surface area contributed by atoms with E-state index in [0.29, 0.717) is 0 Å². The first-order chi connectivity index (χ1) is 27.4. The summed E-state index contributed by atoms with van der Waals surface area (Å²) in [7, 11) is -3.15. The smallest absolute Gasteiger partial charge is 0.171 e. The van der Waals surface area contributed by atoms with Crippen LogP contribution < -0.4 is 15.9 Å². The monoisotopic (exact) mass is 737 g/mol. The van der Waals surface area contributed by atoms with E-state index in [1.807, 2.05) is 78.9 Å². The molecule has 0 bridgehead atoms. The van der Waals surface area contributed by atoms with E-state index < -0.39 is 7.14 Å². The van der Waals surface area contributed by atoms with Crippen molar-refractivity contribution in [2.45, 2.75) is 19.3 Å². The fourth-order valence-electron chi connectivity index (χ4n) is 9.19. The van der Waals surface area contributed by atoms with Gasteiger partial charge in [-0.05, 0) is 52.1 Å². The molecule has 1 aliphatic carbocycles. The lowest BCUT2D eigenvalue weighted by Crippen LogP contribution is -2.24. The number of pyridine rings is 1. The molecule has 0 saturated heterocycles. The summed E-state index contributed by atoms with van der Waals surface area (Å²) in [5, 5.41) is 7.84. The van der Waals surface area contributed by atoms with E-state index in [4.69, 9.17) is 9.40 Å². The van der Waals surface area contributed by atoms with E-state index in [1.54, 1.807) is 0 Å². The van der Waals surface area contributed by atoms with Gasteiger partial charge in [0.1, 0.15) is 11.2 Å². The lowest BCUT2D eigenvalue weighted by atomic mass is 9.81. The maximum atomic E-state index is 15.3. The van der Waals surface area contributed by atoms with E-state index in [9.17, 15) is 0 Å². The van der Waals surface area contributed by atoms with Crippen LogP contribution in [0.15, 0.2) is 186 Å². The molecular formula is C52H36NO2P. The quantitative estimate of drug-likeness (QED) is 0.130. The summed E-state index contributed by atoms with van der Waals surface area (Å²) in [5.74, 6) is 0. The van der Waals surface area contributed by atoms with Crippen LogP contribution in [0.5, 0.6) is 0 Å². The molecule has 1 aliphatic rings. The molecule has 8 aromatic carbocycles. The minimum atomic E-state index is -3.15. The van der Waals surface area contributed by atoms with Crippen LogP contribution in [0, 0.1) is 0 Å². The minimum Gasteiger partial charge on any atom is -0.455 e. The molecule has 0 spiro atoms. The van der Waals surface area contributed by atoms with Gasteiger partial charge in [-0.1, -0.05) is 172 Å². The van der Waals surface area contributed by atoms with Crippen molar-refractivity contribution in [1.29, 1.82) is 0 Å². The van der Waals surface area contributed by atoms with Crippen LogP contribution in [-0.2, 0) is 9.98 Å². The standard InChI is InChI=1S/C52H36NO2P/c1-52(2)44-22-12-9-19-38(44)39-30-27-34(31-45(39)52)50-43-32-42(51-49(41-21-11-14-24-47(41)55-51)48(43)40-20-10-13-23-46(40)53-50)33-25-28-37(29-26-33)56(54,35-15-5-3-6-16-35)36-17-7-4-8-18-36/h3-32H,1-2H3. The molecule has 10 aromatic rings. The van der Waals surface area contributed by atoms with E-state index in [-0.39, 0.29) is 5.41 Å². The Morgan fingerprint density at radius 1 is 0.482 bits per heavy atom. The van der Waals surface area contributed by atoms with Gasteiger partial charge >= 0.3 is 0 Å². The number of fused-ring (bicyclic) bond motifs is 10. The van der Waals surface area contributed by atoms with E-state index in [2.05, 4.69) is 117 Å². The summed E-state index contributed by atoms with van der Waals surface area (Å²) in [6.45, 7) is 4.65. The van der Waals surface area contributed by atoms with Crippen LogP contribution in [0.3, 0.4) is 0 Å². The van der Waals surface area contributed by atoms with E-state index in [0.717, 1.165) is 81.9 Å². The summed E-state index contributed by atoms with van der Waals surface area (Å²) >= 11 is 0. The van der Waals surface area contributed by atoms with Crippen molar-refractivity contribution in [1.82, 2.24) is 4.98 Å². The van der Waals surface area contributed by atoms with Crippen LogP contribution in [-0.4, -0.2) is 4.98 Å². The molecule has 0 unspecified atom stereocenters. The molecule has 0 aliphatic heterocycles. The maximum absolute atomic E-state index is 15.3. The summed E-state index contributed by atoms with van der Waals surface area (Å²) in [6, 6.07) is 62.7.